The number of anilines is 1. The van der Waals surface area contributed by atoms with Crippen molar-refractivity contribution in [2.24, 2.45) is 0 Å². The Morgan fingerprint density at radius 2 is 2.26 bits per heavy atom. The largest absolute Gasteiger partial charge is 0.354 e. The van der Waals surface area contributed by atoms with Gasteiger partial charge in [0.15, 0.2) is 0 Å². The predicted octanol–water partition coefficient (Wildman–Crippen LogP) is 2.75. The Bertz CT molecular complexity index is 434. The Morgan fingerprint density at radius 1 is 1.47 bits per heavy atom. The van der Waals surface area contributed by atoms with Gasteiger partial charge in [0.05, 0.1) is 0 Å². The number of pyridine rings is 1. The highest BCUT2D eigenvalue weighted by Crippen LogP contribution is 2.27. The van der Waals surface area contributed by atoms with E-state index >= 15 is 0 Å². The lowest BCUT2D eigenvalue weighted by atomic mass is 10.1. The first kappa shape index (κ1) is 14.7. The Hall–Kier alpha value is -0.740. The van der Waals surface area contributed by atoms with E-state index in [1.54, 1.807) is 0 Å². The molecule has 1 aromatic heterocycles. The molecule has 106 valence electrons. The van der Waals surface area contributed by atoms with Crippen LogP contribution in [0.5, 0.6) is 0 Å². The topological polar surface area (TPSA) is 28.2 Å². The van der Waals surface area contributed by atoms with Gasteiger partial charge in [-0.1, -0.05) is 13.8 Å². The molecule has 0 aliphatic carbocycles. The smallest absolute Gasteiger partial charge is 0.133 e. The molecule has 0 aromatic carbocycles. The summed E-state index contributed by atoms with van der Waals surface area (Å²) in [4.78, 5) is 7.29. The average molecular weight is 279 g/mol. The molecule has 1 unspecified atom stereocenters. The van der Waals surface area contributed by atoms with Gasteiger partial charge in [0.1, 0.15) is 5.82 Å². The van der Waals surface area contributed by atoms with Crippen molar-refractivity contribution in [1.82, 2.24) is 10.3 Å². The van der Waals surface area contributed by atoms with Crippen LogP contribution in [-0.2, 0) is 6.54 Å². The van der Waals surface area contributed by atoms with Crippen molar-refractivity contribution in [3.63, 3.8) is 0 Å². The molecule has 1 saturated heterocycles. The van der Waals surface area contributed by atoms with E-state index in [1.165, 1.54) is 22.7 Å². The number of rotatable bonds is 4. The number of thioether (sulfide) groups is 1. The van der Waals surface area contributed by atoms with Gasteiger partial charge in [-0.25, -0.2) is 4.98 Å². The van der Waals surface area contributed by atoms with Gasteiger partial charge in [0, 0.05) is 41.9 Å². The molecule has 2 heterocycles. The van der Waals surface area contributed by atoms with Crippen molar-refractivity contribution in [3.8, 4) is 0 Å². The van der Waals surface area contributed by atoms with E-state index in [1.807, 2.05) is 0 Å². The maximum atomic E-state index is 4.82. The molecule has 4 heteroatoms. The fourth-order valence-corrected chi connectivity index (χ4v) is 3.60. The number of hydrogen-bond donors (Lipinski definition) is 1. The van der Waals surface area contributed by atoms with Gasteiger partial charge < -0.3 is 10.2 Å². The lowest BCUT2D eigenvalue weighted by molar-refractivity contribution is 0.703. The van der Waals surface area contributed by atoms with Crippen molar-refractivity contribution in [1.29, 1.82) is 0 Å². The Balaban J connectivity index is 2.30. The fraction of sp³-hybridized carbons (Fsp3) is 0.667. The van der Waals surface area contributed by atoms with E-state index < -0.39 is 0 Å². The molecule has 2 rings (SSSR count). The van der Waals surface area contributed by atoms with Gasteiger partial charge >= 0.3 is 0 Å². The van der Waals surface area contributed by atoms with E-state index in [0.717, 1.165) is 31.9 Å². The zero-order chi connectivity index (χ0) is 13.8. The van der Waals surface area contributed by atoms with Gasteiger partial charge in [0.2, 0.25) is 0 Å². The van der Waals surface area contributed by atoms with Crippen LogP contribution in [0.2, 0.25) is 0 Å². The van der Waals surface area contributed by atoms with E-state index in [-0.39, 0.29) is 0 Å². The van der Waals surface area contributed by atoms with E-state index in [9.17, 15) is 0 Å². The first-order valence-electron chi connectivity index (χ1n) is 7.16. The van der Waals surface area contributed by atoms with E-state index in [0.29, 0.717) is 5.25 Å². The molecule has 0 bridgehead atoms. The van der Waals surface area contributed by atoms with Crippen molar-refractivity contribution in [3.05, 3.63) is 22.9 Å². The first-order chi connectivity index (χ1) is 9.11. The van der Waals surface area contributed by atoms with Crippen LogP contribution in [0.25, 0.3) is 0 Å². The van der Waals surface area contributed by atoms with E-state index in [4.69, 9.17) is 4.98 Å². The van der Waals surface area contributed by atoms with Crippen LogP contribution in [0, 0.1) is 13.8 Å². The summed E-state index contributed by atoms with van der Waals surface area (Å²) >= 11 is 2.06. The van der Waals surface area contributed by atoms with Gasteiger partial charge in [-0.05, 0) is 32.0 Å². The second-order valence-corrected chi connectivity index (χ2v) is 6.84. The molecule has 1 aromatic rings. The molecule has 19 heavy (non-hydrogen) atoms. The average Bonchev–Trinajstić information content (AvgIpc) is 2.37. The molecule has 1 aliphatic heterocycles. The van der Waals surface area contributed by atoms with Crippen LogP contribution >= 0.6 is 11.8 Å². The number of nitrogens with one attached hydrogen (secondary N) is 1. The highest BCUT2D eigenvalue weighted by molar-refractivity contribution is 8.00. The summed E-state index contributed by atoms with van der Waals surface area (Å²) in [7, 11) is 0. The lowest BCUT2D eigenvalue weighted by Crippen LogP contribution is -2.38. The van der Waals surface area contributed by atoms with Crippen LogP contribution in [0.15, 0.2) is 6.07 Å². The third kappa shape index (κ3) is 3.63. The summed E-state index contributed by atoms with van der Waals surface area (Å²) in [5.41, 5.74) is 3.85. The van der Waals surface area contributed by atoms with Crippen LogP contribution in [0.1, 0.15) is 30.7 Å². The third-order valence-electron chi connectivity index (χ3n) is 3.55. The number of nitrogens with zero attached hydrogens (tertiary/aromatic N) is 2. The summed E-state index contributed by atoms with van der Waals surface area (Å²) < 4.78 is 0. The predicted molar refractivity (Wildman–Crippen MR) is 85.2 cm³/mol. The van der Waals surface area contributed by atoms with Crippen molar-refractivity contribution >= 4 is 17.6 Å². The highest BCUT2D eigenvalue weighted by atomic mass is 32.2. The summed E-state index contributed by atoms with van der Waals surface area (Å²) in [5, 5.41) is 4.14. The Labute approximate surface area is 121 Å². The van der Waals surface area contributed by atoms with Crippen molar-refractivity contribution < 1.29 is 0 Å². The molecule has 1 fully saturated rings. The molecule has 0 spiro atoms. The zero-order valence-corrected chi connectivity index (χ0v) is 13.3. The van der Waals surface area contributed by atoms with Crippen molar-refractivity contribution in [2.45, 2.75) is 39.5 Å². The van der Waals surface area contributed by atoms with Gasteiger partial charge in [-0.15, -0.1) is 0 Å². The molecule has 0 amide bonds. The van der Waals surface area contributed by atoms with Crippen LogP contribution in [0.3, 0.4) is 0 Å². The minimum atomic E-state index is 0.698. The number of aromatic nitrogens is 1. The molecule has 0 saturated carbocycles. The zero-order valence-electron chi connectivity index (χ0n) is 12.5. The Kier molecular flexibility index (Phi) is 5.11. The number of hydrogen-bond acceptors (Lipinski definition) is 4. The fourth-order valence-electron chi connectivity index (χ4n) is 2.58. The molecule has 1 aliphatic rings. The van der Waals surface area contributed by atoms with Gasteiger partial charge in [-0.2, -0.15) is 11.8 Å². The molecule has 3 nitrogen and oxygen atoms in total. The maximum Gasteiger partial charge on any atom is 0.133 e. The first-order valence-corrected chi connectivity index (χ1v) is 8.21. The molecule has 1 atom stereocenters. The van der Waals surface area contributed by atoms with Gasteiger partial charge in [0.25, 0.3) is 0 Å². The van der Waals surface area contributed by atoms with Crippen LogP contribution in [-0.4, -0.2) is 35.6 Å². The van der Waals surface area contributed by atoms with Crippen LogP contribution in [0.4, 0.5) is 5.82 Å². The SMILES string of the molecule is CCNCc1c(C)cc(C)nc1N1CCSC(C)C1. The summed E-state index contributed by atoms with van der Waals surface area (Å²) in [6.07, 6.45) is 0. The second kappa shape index (κ2) is 6.62. The number of aryl methyl sites for hydroxylation is 2. The molecule has 0 radical (unpaired) electrons. The summed E-state index contributed by atoms with van der Waals surface area (Å²) in [6, 6.07) is 2.19. The summed E-state index contributed by atoms with van der Waals surface area (Å²) in [6.45, 7) is 12.9. The quantitative estimate of drug-likeness (QED) is 0.917. The Morgan fingerprint density at radius 3 is 2.95 bits per heavy atom. The van der Waals surface area contributed by atoms with Crippen molar-refractivity contribution in [2.75, 3.05) is 30.3 Å². The normalized spacial score (nSPS) is 19.8. The van der Waals surface area contributed by atoms with Gasteiger partial charge in [-0.3, -0.25) is 0 Å². The molecular weight excluding hydrogens is 254 g/mol. The maximum absolute atomic E-state index is 4.82. The lowest BCUT2D eigenvalue weighted by Gasteiger charge is -2.33. The second-order valence-electron chi connectivity index (χ2n) is 5.29. The minimum Gasteiger partial charge on any atom is -0.354 e. The van der Waals surface area contributed by atoms with Crippen LogP contribution < -0.4 is 10.2 Å². The minimum absolute atomic E-state index is 0.698. The summed E-state index contributed by atoms with van der Waals surface area (Å²) in [5.74, 6) is 2.40. The monoisotopic (exact) mass is 279 g/mol. The standard InChI is InChI=1S/C15H25N3S/c1-5-16-9-14-11(2)8-12(3)17-15(14)18-6-7-19-13(4)10-18/h8,13,16H,5-7,9-10H2,1-4H3. The molecule has 1 N–H and O–H groups in total. The third-order valence-corrected chi connectivity index (χ3v) is 4.68. The molecular formula is C15H25N3S. The highest BCUT2D eigenvalue weighted by Gasteiger charge is 2.21. The van der Waals surface area contributed by atoms with E-state index in [2.05, 4.69) is 55.7 Å².